The molecule has 0 bridgehead atoms. The van der Waals surface area contributed by atoms with Gasteiger partial charge in [0, 0.05) is 6.54 Å². The summed E-state index contributed by atoms with van der Waals surface area (Å²) in [6.07, 6.45) is -0.922. The number of alkyl halides is 3. The van der Waals surface area contributed by atoms with Crippen molar-refractivity contribution in [1.29, 1.82) is 0 Å². The molecular formula is C23H36F3N5O5. The molecule has 5 N–H and O–H groups in total. The Morgan fingerprint density at radius 3 is 2.08 bits per heavy atom. The lowest BCUT2D eigenvalue weighted by Crippen LogP contribution is -2.61. The Hall–Kier alpha value is -2.86. The molecule has 0 aromatic carbocycles. The Labute approximate surface area is 208 Å². The zero-order chi connectivity index (χ0) is 27.4. The van der Waals surface area contributed by atoms with Crippen molar-refractivity contribution in [3.05, 3.63) is 0 Å². The van der Waals surface area contributed by atoms with Gasteiger partial charge in [-0.25, -0.2) is 4.79 Å². The maximum atomic E-state index is 13.3. The highest BCUT2D eigenvalue weighted by Crippen LogP contribution is 2.31. The molecule has 3 atom stereocenters. The van der Waals surface area contributed by atoms with Crippen LogP contribution in [0, 0.1) is 11.8 Å². The number of nitrogens with one attached hydrogen (secondary N) is 3. The minimum absolute atomic E-state index is 0.189. The molecule has 1 aliphatic heterocycles. The van der Waals surface area contributed by atoms with E-state index in [2.05, 4.69) is 10.6 Å². The molecule has 36 heavy (non-hydrogen) atoms. The minimum atomic E-state index is -4.71. The molecule has 1 heterocycles. The second-order valence-corrected chi connectivity index (χ2v) is 10.5. The van der Waals surface area contributed by atoms with Gasteiger partial charge in [-0.05, 0) is 44.9 Å². The molecule has 2 aliphatic rings. The van der Waals surface area contributed by atoms with Gasteiger partial charge in [-0.15, -0.1) is 0 Å². The Morgan fingerprint density at radius 2 is 1.61 bits per heavy atom. The lowest BCUT2D eigenvalue weighted by Gasteiger charge is -2.33. The number of hydrogen-bond donors (Lipinski definition) is 4. The van der Waals surface area contributed by atoms with Crippen LogP contribution in [0.15, 0.2) is 0 Å². The van der Waals surface area contributed by atoms with Crippen molar-refractivity contribution in [3.8, 4) is 0 Å². The summed E-state index contributed by atoms with van der Waals surface area (Å²) in [6.45, 7) is 5.01. The van der Waals surface area contributed by atoms with Crippen LogP contribution >= 0.6 is 0 Å². The van der Waals surface area contributed by atoms with Crippen LogP contribution in [0.4, 0.5) is 18.0 Å². The van der Waals surface area contributed by atoms with E-state index in [0.29, 0.717) is 6.42 Å². The monoisotopic (exact) mass is 519 g/mol. The minimum Gasteiger partial charge on any atom is -0.363 e. The molecule has 10 nitrogen and oxygen atoms in total. The first-order chi connectivity index (χ1) is 16.5. The molecule has 2 rings (SSSR count). The number of likely N-dealkylation sites (tertiary alicyclic amines) is 1. The summed E-state index contributed by atoms with van der Waals surface area (Å²) < 4.78 is 39.4. The van der Waals surface area contributed by atoms with Crippen LogP contribution in [0.25, 0.3) is 0 Å². The van der Waals surface area contributed by atoms with Crippen molar-refractivity contribution >= 4 is 29.5 Å². The highest BCUT2D eigenvalue weighted by atomic mass is 19.4. The van der Waals surface area contributed by atoms with Crippen molar-refractivity contribution in [2.24, 2.45) is 17.6 Å². The van der Waals surface area contributed by atoms with Gasteiger partial charge in [0.1, 0.15) is 17.6 Å². The number of hydrogen-bond acceptors (Lipinski definition) is 5. The van der Waals surface area contributed by atoms with Gasteiger partial charge in [-0.2, -0.15) is 13.2 Å². The van der Waals surface area contributed by atoms with E-state index < -0.39 is 65.3 Å². The van der Waals surface area contributed by atoms with Crippen LogP contribution in [0.2, 0.25) is 0 Å². The van der Waals surface area contributed by atoms with Crippen molar-refractivity contribution in [2.45, 2.75) is 96.1 Å². The van der Waals surface area contributed by atoms with Crippen LogP contribution in [0.3, 0.4) is 0 Å². The maximum Gasteiger partial charge on any atom is 0.411 e. The number of nitrogens with two attached hydrogens (primary N) is 1. The van der Waals surface area contributed by atoms with Gasteiger partial charge in [-0.3, -0.25) is 19.2 Å². The number of nitrogens with zero attached hydrogens (tertiary/aromatic N) is 1. The average molecular weight is 520 g/mol. The smallest absolute Gasteiger partial charge is 0.363 e. The summed E-state index contributed by atoms with van der Waals surface area (Å²) >= 11 is 0. The Bertz CT molecular complexity index is 873. The fraction of sp³-hybridized carbons (Fsp3) is 0.783. The summed E-state index contributed by atoms with van der Waals surface area (Å²) in [5.74, 6) is -3.62. The topological polar surface area (TPSA) is 151 Å². The number of rotatable bonds is 10. The first-order valence-electron chi connectivity index (χ1n) is 12.1. The third kappa shape index (κ3) is 7.10. The first kappa shape index (κ1) is 29.4. The van der Waals surface area contributed by atoms with Crippen molar-refractivity contribution in [2.75, 3.05) is 6.54 Å². The summed E-state index contributed by atoms with van der Waals surface area (Å²) in [7, 11) is 0. The van der Waals surface area contributed by atoms with E-state index in [9.17, 15) is 37.1 Å². The Balaban J connectivity index is 2.11. The number of primary amides is 1. The Kier molecular flexibility index (Phi) is 9.35. The molecule has 204 valence electrons. The highest BCUT2D eigenvalue weighted by Gasteiger charge is 2.49. The van der Waals surface area contributed by atoms with Crippen LogP contribution in [0.5, 0.6) is 0 Å². The van der Waals surface area contributed by atoms with Crippen LogP contribution in [-0.4, -0.2) is 70.8 Å². The second kappa shape index (κ2) is 11.5. The van der Waals surface area contributed by atoms with E-state index in [1.807, 2.05) is 5.32 Å². The zero-order valence-electron chi connectivity index (χ0n) is 21.0. The molecular weight excluding hydrogens is 483 g/mol. The van der Waals surface area contributed by atoms with E-state index >= 15 is 0 Å². The van der Waals surface area contributed by atoms with Crippen molar-refractivity contribution < 1.29 is 37.1 Å². The second-order valence-electron chi connectivity index (χ2n) is 10.5. The fourth-order valence-corrected chi connectivity index (χ4v) is 4.26. The Morgan fingerprint density at radius 1 is 1.00 bits per heavy atom. The van der Waals surface area contributed by atoms with E-state index in [4.69, 9.17) is 5.73 Å². The highest BCUT2D eigenvalue weighted by molar-refractivity contribution is 6.37. The molecule has 1 saturated heterocycles. The molecule has 3 unspecified atom stereocenters. The molecule has 1 saturated carbocycles. The quantitative estimate of drug-likeness (QED) is 0.322. The lowest BCUT2D eigenvalue weighted by atomic mass is 9.80. The van der Waals surface area contributed by atoms with Gasteiger partial charge in [0.15, 0.2) is 0 Å². The summed E-state index contributed by atoms with van der Waals surface area (Å²) in [5.41, 5.74) is 2.62. The van der Waals surface area contributed by atoms with Crippen molar-refractivity contribution in [3.63, 3.8) is 0 Å². The van der Waals surface area contributed by atoms with Gasteiger partial charge in [-0.1, -0.05) is 33.1 Å². The fourth-order valence-electron chi connectivity index (χ4n) is 4.26. The lowest BCUT2D eigenvalue weighted by molar-refractivity contribution is -0.182. The number of ketones is 1. The van der Waals surface area contributed by atoms with E-state index in [-0.39, 0.29) is 25.3 Å². The van der Waals surface area contributed by atoms with Crippen LogP contribution in [-0.2, 0) is 19.2 Å². The predicted molar refractivity (Wildman–Crippen MR) is 123 cm³/mol. The summed E-state index contributed by atoms with van der Waals surface area (Å²) in [4.78, 5) is 63.7. The molecule has 2 fully saturated rings. The molecule has 13 heteroatoms. The van der Waals surface area contributed by atoms with E-state index in [1.54, 1.807) is 13.8 Å². The van der Waals surface area contributed by atoms with Gasteiger partial charge in [0.2, 0.25) is 17.6 Å². The number of carbonyl (C=O) groups excluding carboxylic acids is 5. The average Bonchev–Trinajstić information content (AvgIpc) is 3.21. The normalized spacial score (nSPS) is 20.3. The third-order valence-electron chi connectivity index (χ3n) is 6.86. The number of amides is 5. The number of urea groups is 1. The first-order valence-corrected chi connectivity index (χ1v) is 12.1. The van der Waals surface area contributed by atoms with E-state index in [0.717, 1.165) is 33.1 Å². The van der Waals surface area contributed by atoms with E-state index in [1.165, 1.54) is 4.90 Å². The molecule has 5 amide bonds. The van der Waals surface area contributed by atoms with Crippen LogP contribution in [0.1, 0.15) is 66.2 Å². The SMILES string of the molecule is CC(C)C(NC(=O)NC(C)(C)C(F)(F)F)C(=O)N1CCCC1C(=O)NC(CC1CCC1)C(=O)C(N)=O. The van der Waals surface area contributed by atoms with Gasteiger partial charge in [0.05, 0.1) is 6.04 Å². The van der Waals surface area contributed by atoms with Gasteiger partial charge < -0.3 is 26.6 Å². The number of halogens is 3. The van der Waals surface area contributed by atoms with Crippen LogP contribution < -0.4 is 21.7 Å². The summed E-state index contributed by atoms with van der Waals surface area (Å²) in [5, 5.41) is 6.71. The summed E-state index contributed by atoms with van der Waals surface area (Å²) in [6, 6.07) is -4.41. The number of carbonyl (C=O) groups is 5. The van der Waals surface area contributed by atoms with Crippen molar-refractivity contribution in [1.82, 2.24) is 20.9 Å². The molecule has 0 aromatic rings. The van der Waals surface area contributed by atoms with Gasteiger partial charge >= 0.3 is 12.2 Å². The van der Waals surface area contributed by atoms with Gasteiger partial charge in [0.25, 0.3) is 5.91 Å². The zero-order valence-corrected chi connectivity index (χ0v) is 21.0. The largest absolute Gasteiger partial charge is 0.411 e. The third-order valence-corrected chi connectivity index (χ3v) is 6.86. The molecule has 0 radical (unpaired) electrons. The standard InChI is InChI=1S/C23H36F3N5O5/c1-12(2)16(29-21(36)30-22(3,4)23(24,25)26)20(35)31-10-6-9-15(31)19(34)28-14(17(32)18(27)33)11-13-7-5-8-13/h12-16H,5-11H2,1-4H3,(H2,27,33)(H,28,34)(H2,29,30,36). The molecule has 1 aliphatic carbocycles. The number of Topliss-reactive ketones (excluding diaryl/α,β-unsaturated/α-hetero) is 1. The maximum absolute atomic E-state index is 13.3. The molecule has 0 spiro atoms. The predicted octanol–water partition coefficient (Wildman–Crippen LogP) is 1.37. The molecule has 0 aromatic heterocycles.